The Morgan fingerprint density at radius 1 is 1.29 bits per heavy atom. The number of carbonyl (C=O) groups is 1. The summed E-state index contributed by atoms with van der Waals surface area (Å²) in [6.45, 7) is 5.95. The molecular formula is C21H20ClN3O2S. The van der Waals surface area contributed by atoms with Gasteiger partial charge in [0, 0.05) is 11.6 Å². The third kappa shape index (κ3) is 4.64. The first-order valence-electron chi connectivity index (χ1n) is 8.77. The molecule has 0 radical (unpaired) electrons. The standard InChI is InChI=1S/C21H20ClN3O2S/c1-3-12-25-20(27)17-6-4-5-7-18(17)24-21(25)28-13-19(26)23-14(2)15-8-10-16(22)11-9-15/h3-11,14H,1,12-13H2,2H3,(H,23,26)/t14-/m1/s1. The maximum Gasteiger partial charge on any atom is 0.262 e. The first-order valence-corrected chi connectivity index (χ1v) is 10.1. The number of benzene rings is 2. The molecule has 28 heavy (non-hydrogen) atoms. The second-order valence-electron chi connectivity index (χ2n) is 6.25. The summed E-state index contributed by atoms with van der Waals surface area (Å²) in [5.41, 5.74) is 1.45. The summed E-state index contributed by atoms with van der Waals surface area (Å²) in [6.07, 6.45) is 1.64. The lowest BCUT2D eigenvalue weighted by atomic mass is 10.1. The van der Waals surface area contributed by atoms with Crippen LogP contribution in [0.1, 0.15) is 18.5 Å². The highest BCUT2D eigenvalue weighted by atomic mass is 35.5. The average molecular weight is 414 g/mol. The molecule has 2 aromatic carbocycles. The van der Waals surface area contributed by atoms with Crippen LogP contribution in [-0.4, -0.2) is 21.2 Å². The normalized spacial score (nSPS) is 11.9. The number of thioether (sulfide) groups is 1. The van der Waals surface area contributed by atoms with Gasteiger partial charge >= 0.3 is 0 Å². The number of hydrogen-bond donors (Lipinski definition) is 1. The second kappa shape index (κ2) is 9.08. The van der Waals surface area contributed by atoms with E-state index in [1.165, 1.54) is 16.3 Å². The van der Waals surface area contributed by atoms with E-state index >= 15 is 0 Å². The number of para-hydroxylation sites is 1. The fourth-order valence-corrected chi connectivity index (χ4v) is 3.74. The summed E-state index contributed by atoms with van der Waals surface area (Å²) < 4.78 is 1.54. The van der Waals surface area contributed by atoms with Crippen LogP contribution in [0.2, 0.25) is 5.02 Å². The van der Waals surface area contributed by atoms with E-state index in [9.17, 15) is 9.59 Å². The number of nitrogens with zero attached hydrogens (tertiary/aromatic N) is 2. The second-order valence-corrected chi connectivity index (χ2v) is 7.62. The van der Waals surface area contributed by atoms with Crippen molar-refractivity contribution in [3.05, 3.63) is 82.1 Å². The Morgan fingerprint density at radius 2 is 2.00 bits per heavy atom. The molecule has 1 aromatic heterocycles. The van der Waals surface area contributed by atoms with Gasteiger partial charge in [-0.2, -0.15) is 0 Å². The first-order chi connectivity index (χ1) is 13.5. The number of aromatic nitrogens is 2. The van der Waals surface area contributed by atoms with Crippen LogP contribution in [-0.2, 0) is 11.3 Å². The summed E-state index contributed by atoms with van der Waals surface area (Å²) >= 11 is 7.14. The van der Waals surface area contributed by atoms with Crippen molar-refractivity contribution in [1.29, 1.82) is 0 Å². The van der Waals surface area contributed by atoms with E-state index in [0.717, 1.165) is 5.56 Å². The van der Waals surface area contributed by atoms with Crippen molar-refractivity contribution < 1.29 is 4.79 Å². The summed E-state index contributed by atoms with van der Waals surface area (Å²) in [5, 5.41) is 4.65. The molecule has 0 aliphatic carbocycles. The van der Waals surface area contributed by atoms with E-state index in [0.29, 0.717) is 27.6 Å². The third-order valence-electron chi connectivity index (χ3n) is 4.22. The highest BCUT2D eigenvalue weighted by Crippen LogP contribution is 2.19. The number of hydrogen-bond acceptors (Lipinski definition) is 4. The van der Waals surface area contributed by atoms with Gasteiger partial charge in [-0.25, -0.2) is 4.98 Å². The predicted molar refractivity (Wildman–Crippen MR) is 115 cm³/mol. The van der Waals surface area contributed by atoms with E-state index in [4.69, 9.17) is 11.6 Å². The molecule has 3 rings (SSSR count). The number of carbonyl (C=O) groups excluding carboxylic acids is 1. The summed E-state index contributed by atoms with van der Waals surface area (Å²) in [6, 6.07) is 14.4. The maximum absolute atomic E-state index is 12.7. The quantitative estimate of drug-likeness (QED) is 0.358. The molecule has 0 fully saturated rings. The zero-order chi connectivity index (χ0) is 20.1. The molecule has 1 N–H and O–H groups in total. The molecule has 1 atom stereocenters. The Kier molecular flexibility index (Phi) is 6.54. The zero-order valence-electron chi connectivity index (χ0n) is 15.4. The molecule has 0 aliphatic heterocycles. The molecule has 7 heteroatoms. The average Bonchev–Trinajstić information content (AvgIpc) is 2.69. The van der Waals surface area contributed by atoms with Crippen LogP contribution >= 0.6 is 23.4 Å². The number of amides is 1. The lowest BCUT2D eigenvalue weighted by Gasteiger charge is -2.15. The highest BCUT2D eigenvalue weighted by molar-refractivity contribution is 7.99. The van der Waals surface area contributed by atoms with Gasteiger partial charge < -0.3 is 5.32 Å². The fraction of sp³-hybridized carbons (Fsp3) is 0.190. The number of halogens is 1. The number of nitrogens with one attached hydrogen (secondary N) is 1. The first kappa shape index (κ1) is 20.2. The van der Waals surface area contributed by atoms with Gasteiger partial charge in [-0.05, 0) is 36.8 Å². The summed E-state index contributed by atoms with van der Waals surface area (Å²) in [4.78, 5) is 29.7. The van der Waals surface area contributed by atoms with Crippen molar-refractivity contribution in [2.45, 2.75) is 24.7 Å². The summed E-state index contributed by atoms with van der Waals surface area (Å²) in [5.74, 6) is 0.0138. The molecule has 1 heterocycles. The van der Waals surface area contributed by atoms with Crippen molar-refractivity contribution in [1.82, 2.24) is 14.9 Å². The Hall–Kier alpha value is -2.57. The van der Waals surface area contributed by atoms with Gasteiger partial charge in [-0.1, -0.05) is 53.7 Å². The molecule has 144 valence electrons. The number of fused-ring (bicyclic) bond motifs is 1. The van der Waals surface area contributed by atoms with E-state index in [1.54, 1.807) is 30.3 Å². The van der Waals surface area contributed by atoms with Gasteiger partial charge in [-0.15, -0.1) is 6.58 Å². The lowest BCUT2D eigenvalue weighted by Crippen LogP contribution is -2.29. The van der Waals surface area contributed by atoms with E-state index in [1.807, 2.05) is 31.2 Å². The molecule has 3 aromatic rings. The van der Waals surface area contributed by atoms with Crippen molar-refractivity contribution in [2.24, 2.45) is 0 Å². The smallest absolute Gasteiger partial charge is 0.262 e. The van der Waals surface area contributed by atoms with Crippen LogP contribution in [0.5, 0.6) is 0 Å². The van der Waals surface area contributed by atoms with E-state index in [2.05, 4.69) is 16.9 Å². The topological polar surface area (TPSA) is 64.0 Å². The fourth-order valence-electron chi connectivity index (χ4n) is 2.80. The minimum atomic E-state index is -0.148. The highest BCUT2D eigenvalue weighted by Gasteiger charge is 2.14. The molecule has 0 aliphatic rings. The minimum absolute atomic E-state index is 0.136. The van der Waals surface area contributed by atoms with Gasteiger partial charge in [0.05, 0.1) is 22.7 Å². The molecule has 0 saturated carbocycles. The van der Waals surface area contributed by atoms with Crippen molar-refractivity contribution in [3.8, 4) is 0 Å². The largest absolute Gasteiger partial charge is 0.349 e. The monoisotopic (exact) mass is 413 g/mol. The van der Waals surface area contributed by atoms with Crippen LogP contribution in [0, 0.1) is 0 Å². The van der Waals surface area contributed by atoms with Crippen LogP contribution in [0.25, 0.3) is 10.9 Å². The molecule has 0 spiro atoms. The van der Waals surface area contributed by atoms with Crippen LogP contribution in [0.15, 0.2) is 71.1 Å². The maximum atomic E-state index is 12.7. The van der Waals surface area contributed by atoms with Crippen molar-refractivity contribution in [2.75, 3.05) is 5.75 Å². The van der Waals surface area contributed by atoms with Gasteiger partial charge in [0.15, 0.2) is 5.16 Å². The summed E-state index contributed by atoms with van der Waals surface area (Å²) in [7, 11) is 0. The van der Waals surface area contributed by atoms with Gasteiger partial charge in [-0.3, -0.25) is 14.2 Å². The molecule has 0 unspecified atom stereocenters. The molecule has 5 nitrogen and oxygen atoms in total. The van der Waals surface area contributed by atoms with E-state index < -0.39 is 0 Å². The number of rotatable bonds is 7. The number of allylic oxidation sites excluding steroid dienone is 1. The van der Waals surface area contributed by atoms with Crippen LogP contribution in [0.3, 0.4) is 0 Å². The molecule has 0 saturated heterocycles. The Balaban J connectivity index is 1.74. The Labute approximate surface area is 172 Å². The Bertz CT molecular complexity index is 1060. The SMILES string of the molecule is C=CCn1c(SCC(=O)N[C@H](C)c2ccc(Cl)cc2)nc2ccccc2c1=O. The predicted octanol–water partition coefficient (Wildman–Crippen LogP) is 4.21. The molecule has 1 amide bonds. The van der Waals surface area contributed by atoms with Gasteiger partial charge in [0.2, 0.25) is 5.91 Å². The van der Waals surface area contributed by atoms with E-state index in [-0.39, 0.29) is 23.3 Å². The molecule has 0 bridgehead atoms. The van der Waals surface area contributed by atoms with Gasteiger partial charge in [0.25, 0.3) is 5.56 Å². The minimum Gasteiger partial charge on any atom is -0.349 e. The molecular weight excluding hydrogens is 394 g/mol. The van der Waals surface area contributed by atoms with Crippen LogP contribution < -0.4 is 10.9 Å². The van der Waals surface area contributed by atoms with Gasteiger partial charge in [0.1, 0.15) is 0 Å². The Morgan fingerprint density at radius 3 is 2.71 bits per heavy atom. The third-order valence-corrected chi connectivity index (χ3v) is 5.45. The van der Waals surface area contributed by atoms with Crippen molar-refractivity contribution in [3.63, 3.8) is 0 Å². The van der Waals surface area contributed by atoms with Crippen LogP contribution in [0.4, 0.5) is 0 Å². The van der Waals surface area contributed by atoms with Crippen molar-refractivity contribution >= 4 is 40.2 Å². The zero-order valence-corrected chi connectivity index (χ0v) is 17.0. The lowest BCUT2D eigenvalue weighted by molar-refractivity contribution is -0.119.